The summed E-state index contributed by atoms with van der Waals surface area (Å²) in [7, 11) is 0. The maximum atomic E-state index is 11.4. The van der Waals surface area contributed by atoms with E-state index in [2.05, 4.69) is 5.32 Å². The predicted octanol–water partition coefficient (Wildman–Crippen LogP) is -0.576. The van der Waals surface area contributed by atoms with E-state index >= 15 is 0 Å². The first kappa shape index (κ1) is 10.5. The zero-order valence-corrected chi connectivity index (χ0v) is 7.86. The summed E-state index contributed by atoms with van der Waals surface area (Å²) in [4.78, 5) is 13.0. The van der Waals surface area contributed by atoms with Crippen molar-refractivity contribution in [2.75, 3.05) is 19.6 Å². The lowest BCUT2D eigenvalue weighted by molar-refractivity contribution is -0.129. The fourth-order valence-corrected chi connectivity index (χ4v) is 1.26. The molecule has 0 radical (unpaired) electrons. The van der Waals surface area contributed by atoms with Gasteiger partial charge in [0.25, 0.3) is 0 Å². The Morgan fingerprint density at radius 2 is 2.43 bits per heavy atom. The number of nitrogens with zero attached hydrogens (tertiary/aromatic N) is 1. The van der Waals surface area contributed by atoms with Gasteiger partial charge in [-0.2, -0.15) is 0 Å². The molecule has 0 spiro atoms. The summed E-state index contributed by atoms with van der Waals surface area (Å²) < 4.78 is 0. The van der Waals surface area contributed by atoms with Crippen molar-refractivity contribution in [1.82, 2.24) is 10.2 Å². The highest BCUT2D eigenvalue weighted by molar-refractivity contribution is 5.81. The molecule has 76 valence electrons. The SMILES string of the molecule is N=CC=CC(=CN)N1CCNCC1=O. The standard InChI is InChI=1S/C9H14N4O/c10-3-1-2-8(6-11)13-5-4-12-7-9(13)14/h1-3,6,10,12H,4-5,7,11H2. The van der Waals surface area contributed by atoms with Crippen molar-refractivity contribution in [1.29, 1.82) is 5.41 Å². The molecule has 0 unspecified atom stereocenters. The van der Waals surface area contributed by atoms with Crippen LogP contribution < -0.4 is 11.1 Å². The summed E-state index contributed by atoms with van der Waals surface area (Å²) in [5.41, 5.74) is 6.04. The van der Waals surface area contributed by atoms with Gasteiger partial charge in [0.2, 0.25) is 5.91 Å². The van der Waals surface area contributed by atoms with Crippen LogP contribution in [0.15, 0.2) is 24.0 Å². The number of allylic oxidation sites excluding steroid dienone is 2. The van der Waals surface area contributed by atoms with Crippen LogP contribution in [0.25, 0.3) is 0 Å². The Morgan fingerprint density at radius 1 is 1.64 bits per heavy atom. The van der Waals surface area contributed by atoms with E-state index in [-0.39, 0.29) is 5.91 Å². The number of amides is 1. The molecule has 0 aromatic rings. The Labute approximate surface area is 82.8 Å². The van der Waals surface area contributed by atoms with Crippen LogP contribution in [-0.4, -0.2) is 36.7 Å². The van der Waals surface area contributed by atoms with Gasteiger partial charge in [-0.05, 0) is 12.2 Å². The van der Waals surface area contributed by atoms with Crippen molar-refractivity contribution < 1.29 is 4.79 Å². The third-order valence-corrected chi connectivity index (χ3v) is 1.94. The Morgan fingerprint density at radius 3 is 3.00 bits per heavy atom. The predicted molar refractivity (Wildman–Crippen MR) is 54.8 cm³/mol. The lowest BCUT2D eigenvalue weighted by Crippen LogP contribution is -2.47. The van der Waals surface area contributed by atoms with Crippen LogP contribution in [0.1, 0.15) is 0 Å². The molecule has 0 saturated carbocycles. The van der Waals surface area contributed by atoms with Crippen LogP contribution in [0.5, 0.6) is 0 Å². The second-order valence-corrected chi connectivity index (χ2v) is 2.84. The van der Waals surface area contributed by atoms with E-state index in [4.69, 9.17) is 11.1 Å². The number of rotatable bonds is 3. The summed E-state index contributed by atoms with van der Waals surface area (Å²) in [6.07, 6.45) is 5.71. The summed E-state index contributed by atoms with van der Waals surface area (Å²) in [6, 6.07) is 0. The quantitative estimate of drug-likeness (QED) is 0.415. The first-order valence-electron chi connectivity index (χ1n) is 4.39. The molecule has 14 heavy (non-hydrogen) atoms. The van der Waals surface area contributed by atoms with Crippen LogP contribution in [-0.2, 0) is 4.79 Å². The molecule has 5 heteroatoms. The van der Waals surface area contributed by atoms with Crippen LogP contribution in [0.4, 0.5) is 0 Å². The Kier molecular flexibility index (Phi) is 3.87. The highest BCUT2D eigenvalue weighted by Gasteiger charge is 2.19. The number of hydrogen-bond donors (Lipinski definition) is 3. The number of piperazine rings is 1. The molecule has 1 aliphatic heterocycles. The topological polar surface area (TPSA) is 82.2 Å². The minimum Gasteiger partial charge on any atom is -0.403 e. The summed E-state index contributed by atoms with van der Waals surface area (Å²) in [6.45, 7) is 1.72. The van der Waals surface area contributed by atoms with Gasteiger partial charge in [0.15, 0.2) is 0 Å². The van der Waals surface area contributed by atoms with E-state index in [0.717, 1.165) is 12.8 Å². The summed E-state index contributed by atoms with van der Waals surface area (Å²) in [5.74, 6) is 0.00239. The smallest absolute Gasteiger partial charge is 0.241 e. The van der Waals surface area contributed by atoms with Crippen molar-refractivity contribution in [3.63, 3.8) is 0 Å². The van der Waals surface area contributed by atoms with E-state index in [1.807, 2.05) is 0 Å². The van der Waals surface area contributed by atoms with Gasteiger partial charge in [-0.1, -0.05) is 0 Å². The largest absolute Gasteiger partial charge is 0.403 e. The Bertz CT molecular complexity index is 283. The lowest BCUT2D eigenvalue weighted by Gasteiger charge is -2.27. The molecule has 0 bridgehead atoms. The zero-order valence-electron chi connectivity index (χ0n) is 7.86. The monoisotopic (exact) mass is 194 g/mol. The van der Waals surface area contributed by atoms with Crippen LogP contribution in [0, 0.1) is 5.41 Å². The minimum absolute atomic E-state index is 0.00239. The number of nitrogens with one attached hydrogen (secondary N) is 2. The number of hydrogen-bond acceptors (Lipinski definition) is 4. The fourth-order valence-electron chi connectivity index (χ4n) is 1.26. The van der Waals surface area contributed by atoms with E-state index < -0.39 is 0 Å². The average molecular weight is 194 g/mol. The molecule has 1 aliphatic rings. The first-order chi connectivity index (χ1) is 6.79. The van der Waals surface area contributed by atoms with E-state index in [9.17, 15) is 4.79 Å². The van der Waals surface area contributed by atoms with E-state index in [1.165, 1.54) is 12.3 Å². The maximum Gasteiger partial charge on any atom is 0.241 e. The van der Waals surface area contributed by atoms with E-state index in [1.54, 1.807) is 11.0 Å². The molecular weight excluding hydrogens is 180 g/mol. The van der Waals surface area contributed by atoms with Crippen LogP contribution >= 0.6 is 0 Å². The molecule has 0 aromatic carbocycles. The average Bonchev–Trinajstić information content (AvgIpc) is 2.21. The number of nitrogens with two attached hydrogens (primary N) is 1. The van der Waals surface area contributed by atoms with Crippen molar-refractivity contribution in [3.05, 3.63) is 24.0 Å². The maximum absolute atomic E-state index is 11.4. The minimum atomic E-state index is 0.00239. The van der Waals surface area contributed by atoms with Crippen molar-refractivity contribution >= 4 is 12.1 Å². The molecule has 4 N–H and O–H groups in total. The van der Waals surface area contributed by atoms with Gasteiger partial charge in [-0.3, -0.25) is 4.79 Å². The van der Waals surface area contributed by atoms with Gasteiger partial charge in [0.1, 0.15) is 0 Å². The fraction of sp³-hybridized carbons (Fsp3) is 0.333. The molecule has 1 rings (SSSR count). The molecule has 5 nitrogen and oxygen atoms in total. The van der Waals surface area contributed by atoms with Gasteiger partial charge in [0, 0.05) is 25.5 Å². The third-order valence-electron chi connectivity index (χ3n) is 1.94. The van der Waals surface area contributed by atoms with Crippen LogP contribution in [0.2, 0.25) is 0 Å². The molecule has 0 aromatic heterocycles. The number of carbonyl (C=O) groups is 1. The normalized spacial score (nSPS) is 19.0. The van der Waals surface area contributed by atoms with Gasteiger partial charge in [0.05, 0.1) is 12.2 Å². The third kappa shape index (κ3) is 2.43. The summed E-state index contributed by atoms with van der Waals surface area (Å²) in [5, 5.41) is 9.81. The molecule has 0 aliphatic carbocycles. The molecule has 1 fully saturated rings. The highest BCUT2D eigenvalue weighted by atomic mass is 16.2. The van der Waals surface area contributed by atoms with Crippen molar-refractivity contribution in [3.8, 4) is 0 Å². The van der Waals surface area contributed by atoms with Crippen LogP contribution in [0.3, 0.4) is 0 Å². The molecule has 1 heterocycles. The summed E-state index contributed by atoms with van der Waals surface area (Å²) >= 11 is 0. The first-order valence-corrected chi connectivity index (χ1v) is 4.39. The lowest BCUT2D eigenvalue weighted by atomic mass is 10.3. The highest BCUT2D eigenvalue weighted by Crippen LogP contribution is 2.06. The Hall–Kier alpha value is -1.62. The van der Waals surface area contributed by atoms with Gasteiger partial charge < -0.3 is 21.4 Å². The molecular formula is C9H14N4O. The molecule has 1 saturated heterocycles. The second kappa shape index (κ2) is 5.18. The van der Waals surface area contributed by atoms with Crippen molar-refractivity contribution in [2.24, 2.45) is 5.73 Å². The zero-order chi connectivity index (χ0) is 10.4. The van der Waals surface area contributed by atoms with Gasteiger partial charge in [-0.15, -0.1) is 0 Å². The van der Waals surface area contributed by atoms with Crippen molar-refractivity contribution in [2.45, 2.75) is 0 Å². The Balaban J connectivity index is 2.72. The molecule has 1 amide bonds. The van der Waals surface area contributed by atoms with E-state index in [0.29, 0.717) is 18.8 Å². The van der Waals surface area contributed by atoms with Gasteiger partial charge >= 0.3 is 0 Å². The van der Waals surface area contributed by atoms with Gasteiger partial charge in [-0.25, -0.2) is 0 Å². The molecule has 0 atom stereocenters. The number of carbonyl (C=O) groups excluding carboxylic acids is 1. The second-order valence-electron chi connectivity index (χ2n) is 2.84.